The van der Waals surface area contributed by atoms with Crippen molar-refractivity contribution >= 4 is 17.2 Å². The summed E-state index contributed by atoms with van der Waals surface area (Å²) in [7, 11) is 1.58. The second-order valence-corrected chi connectivity index (χ2v) is 4.01. The van der Waals surface area contributed by atoms with Crippen LogP contribution in [0.25, 0.3) is 0 Å². The third kappa shape index (κ3) is 4.37. The normalized spacial score (nSPS) is 12.4. The molecule has 1 rings (SSSR count). The molecule has 0 saturated heterocycles. The fraction of sp³-hybridized carbons (Fsp3) is 0.556. The van der Waals surface area contributed by atoms with Gasteiger partial charge < -0.3 is 15.8 Å². The molecule has 1 atom stereocenters. The number of carbonyl (C=O) groups is 1. The summed E-state index contributed by atoms with van der Waals surface area (Å²) in [5, 5.41) is 5.47. The lowest BCUT2D eigenvalue weighted by Crippen LogP contribution is -2.40. The number of nitrogens with zero attached hydrogens (tertiary/aromatic N) is 1. The SMILES string of the molecule is COCCC(N)C(=O)NCc1nccs1. The summed E-state index contributed by atoms with van der Waals surface area (Å²) in [5.41, 5.74) is 5.63. The van der Waals surface area contributed by atoms with Gasteiger partial charge in [-0.05, 0) is 6.42 Å². The highest BCUT2D eigenvalue weighted by Crippen LogP contribution is 2.02. The maximum absolute atomic E-state index is 11.4. The number of aromatic nitrogens is 1. The number of rotatable bonds is 6. The average molecular weight is 229 g/mol. The van der Waals surface area contributed by atoms with Gasteiger partial charge in [-0.25, -0.2) is 4.98 Å². The van der Waals surface area contributed by atoms with Crippen molar-refractivity contribution in [1.82, 2.24) is 10.3 Å². The Labute approximate surface area is 92.6 Å². The van der Waals surface area contributed by atoms with Crippen molar-refractivity contribution in [2.45, 2.75) is 19.0 Å². The summed E-state index contributed by atoms with van der Waals surface area (Å²) in [5.74, 6) is -0.165. The van der Waals surface area contributed by atoms with Gasteiger partial charge in [0.25, 0.3) is 0 Å². The standard InChI is InChI=1S/C9H15N3O2S/c1-14-4-2-7(10)9(13)12-6-8-11-3-5-15-8/h3,5,7H,2,4,6,10H2,1H3,(H,12,13). The predicted molar refractivity (Wildman–Crippen MR) is 58.4 cm³/mol. The van der Waals surface area contributed by atoms with E-state index in [-0.39, 0.29) is 5.91 Å². The number of hydrogen-bond donors (Lipinski definition) is 2. The monoisotopic (exact) mass is 229 g/mol. The zero-order chi connectivity index (χ0) is 11.1. The highest BCUT2D eigenvalue weighted by Gasteiger charge is 2.12. The second-order valence-electron chi connectivity index (χ2n) is 3.03. The van der Waals surface area contributed by atoms with Crippen molar-refractivity contribution in [2.24, 2.45) is 5.73 Å². The molecule has 0 spiro atoms. The number of amides is 1. The van der Waals surface area contributed by atoms with Gasteiger partial charge in [0.05, 0.1) is 12.6 Å². The molecule has 1 heterocycles. The topological polar surface area (TPSA) is 77.2 Å². The van der Waals surface area contributed by atoms with Crippen LogP contribution in [0.3, 0.4) is 0 Å². The Kier molecular flexibility index (Phi) is 5.23. The number of ether oxygens (including phenoxy) is 1. The van der Waals surface area contributed by atoms with E-state index in [0.29, 0.717) is 19.6 Å². The van der Waals surface area contributed by atoms with E-state index >= 15 is 0 Å². The van der Waals surface area contributed by atoms with Crippen molar-refractivity contribution in [3.05, 3.63) is 16.6 Å². The van der Waals surface area contributed by atoms with Crippen molar-refractivity contribution in [3.63, 3.8) is 0 Å². The summed E-state index contributed by atoms with van der Waals surface area (Å²) < 4.78 is 4.84. The molecule has 3 N–H and O–H groups in total. The summed E-state index contributed by atoms with van der Waals surface area (Å²) in [6.07, 6.45) is 2.23. The zero-order valence-electron chi connectivity index (χ0n) is 8.60. The van der Waals surface area contributed by atoms with Crippen molar-refractivity contribution in [3.8, 4) is 0 Å². The third-order valence-electron chi connectivity index (χ3n) is 1.87. The second kappa shape index (κ2) is 6.49. The first-order valence-corrected chi connectivity index (χ1v) is 5.52. The largest absolute Gasteiger partial charge is 0.385 e. The van der Waals surface area contributed by atoms with Crippen LogP contribution in [0.1, 0.15) is 11.4 Å². The third-order valence-corrected chi connectivity index (χ3v) is 2.65. The smallest absolute Gasteiger partial charge is 0.237 e. The van der Waals surface area contributed by atoms with Gasteiger partial charge in [-0.3, -0.25) is 4.79 Å². The minimum atomic E-state index is -0.509. The van der Waals surface area contributed by atoms with Crippen LogP contribution in [0.2, 0.25) is 0 Å². The Morgan fingerprint density at radius 1 is 1.80 bits per heavy atom. The Morgan fingerprint density at radius 3 is 3.20 bits per heavy atom. The van der Waals surface area contributed by atoms with Gasteiger partial charge in [0.15, 0.2) is 0 Å². The van der Waals surface area contributed by atoms with E-state index in [1.54, 1.807) is 13.3 Å². The fourth-order valence-electron chi connectivity index (χ4n) is 1.01. The van der Waals surface area contributed by atoms with Gasteiger partial charge in [0, 0.05) is 25.3 Å². The van der Waals surface area contributed by atoms with E-state index < -0.39 is 6.04 Å². The van der Waals surface area contributed by atoms with E-state index in [0.717, 1.165) is 5.01 Å². The number of thiazole rings is 1. The van der Waals surface area contributed by atoms with Crippen molar-refractivity contribution in [1.29, 1.82) is 0 Å². The first-order valence-electron chi connectivity index (χ1n) is 4.64. The van der Waals surface area contributed by atoms with Crippen LogP contribution >= 0.6 is 11.3 Å². The molecule has 6 heteroatoms. The molecule has 0 aliphatic heterocycles. The highest BCUT2D eigenvalue weighted by atomic mass is 32.1. The fourth-order valence-corrected chi connectivity index (χ4v) is 1.57. The molecule has 0 saturated carbocycles. The van der Waals surface area contributed by atoms with Gasteiger partial charge in [-0.2, -0.15) is 0 Å². The van der Waals surface area contributed by atoms with Crippen LogP contribution in [0.4, 0.5) is 0 Å². The van der Waals surface area contributed by atoms with Gasteiger partial charge in [-0.15, -0.1) is 11.3 Å². The molecular formula is C9H15N3O2S. The van der Waals surface area contributed by atoms with Crippen LogP contribution in [0.15, 0.2) is 11.6 Å². The minimum absolute atomic E-state index is 0.165. The lowest BCUT2D eigenvalue weighted by Gasteiger charge is -2.10. The first-order chi connectivity index (χ1) is 7.24. The van der Waals surface area contributed by atoms with E-state index in [9.17, 15) is 4.79 Å². The lowest BCUT2D eigenvalue weighted by molar-refractivity contribution is -0.122. The zero-order valence-corrected chi connectivity index (χ0v) is 9.42. The Balaban J connectivity index is 2.23. The van der Waals surface area contributed by atoms with Crippen LogP contribution in [0.5, 0.6) is 0 Å². The predicted octanol–water partition coefficient (Wildman–Crippen LogP) is 0.123. The van der Waals surface area contributed by atoms with Crippen molar-refractivity contribution < 1.29 is 9.53 Å². The van der Waals surface area contributed by atoms with E-state index in [1.165, 1.54) is 11.3 Å². The number of nitrogens with one attached hydrogen (secondary N) is 1. The molecule has 0 bridgehead atoms. The summed E-state index contributed by atoms with van der Waals surface area (Å²) in [6, 6.07) is -0.509. The molecule has 1 amide bonds. The number of methoxy groups -OCH3 is 1. The molecule has 0 aliphatic carbocycles. The summed E-state index contributed by atoms with van der Waals surface area (Å²) in [4.78, 5) is 15.5. The molecule has 1 aromatic heterocycles. The van der Waals surface area contributed by atoms with Crippen molar-refractivity contribution in [2.75, 3.05) is 13.7 Å². The van der Waals surface area contributed by atoms with E-state index in [4.69, 9.17) is 10.5 Å². The maximum atomic E-state index is 11.4. The number of carbonyl (C=O) groups excluding carboxylic acids is 1. The van der Waals surface area contributed by atoms with Gasteiger partial charge in [0.2, 0.25) is 5.91 Å². The molecule has 84 valence electrons. The molecule has 0 aromatic carbocycles. The number of hydrogen-bond acceptors (Lipinski definition) is 5. The van der Waals surface area contributed by atoms with Crippen LogP contribution in [-0.2, 0) is 16.1 Å². The molecule has 1 aromatic rings. The Morgan fingerprint density at radius 2 is 2.60 bits per heavy atom. The quantitative estimate of drug-likeness (QED) is 0.726. The van der Waals surface area contributed by atoms with Gasteiger partial charge in [0.1, 0.15) is 5.01 Å². The molecule has 15 heavy (non-hydrogen) atoms. The van der Waals surface area contributed by atoms with Gasteiger partial charge in [-0.1, -0.05) is 0 Å². The lowest BCUT2D eigenvalue weighted by atomic mass is 10.2. The Bertz CT molecular complexity index is 290. The number of nitrogens with two attached hydrogens (primary N) is 1. The molecule has 0 fully saturated rings. The molecule has 0 radical (unpaired) electrons. The summed E-state index contributed by atoms with van der Waals surface area (Å²) >= 11 is 1.50. The van der Waals surface area contributed by atoms with Crippen LogP contribution < -0.4 is 11.1 Å². The summed E-state index contributed by atoms with van der Waals surface area (Å²) in [6.45, 7) is 0.934. The maximum Gasteiger partial charge on any atom is 0.237 e. The molecule has 5 nitrogen and oxygen atoms in total. The van der Waals surface area contributed by atoms with Crippen LogP contribution in [-0.4, -0.2) is 30.6 Å². The van der Waals surface area contributed by atoms with E-state index in [2.05, 4.69) is 10.3 Å². The minimum Gasteiger partial charge on any atom is -0.385 e. The van der Waals surface area contributed by atoms with Gasteiger partial charge >= 0.3 is 0 Å². The van der Waals surface area contributed by atoms with Crippen LogP contribution in [0, 0.1) is 0 Å². The molecule has 1 unspecified atom stereocenters. The highest BCUT2D eigenvalue weighted by molar-refractivity contribution is 7.09. The molecular weight excluding hydrogens is 214 g/mol. The average Bonchev–Trinajstić information content (AvgIpc) is 2.75. The van der Waals surface area contributed by atoms with E-state index in [1.807, 2.05) is 5.38 Å². The Hall–Kier alpha value is -0.980. The molecule has 0 aliphatic rings. The first kappa shape index (κ1) is 12.1.